The smallest absolute Gasteiger partial charge is 0.318 e. The van der Waals surface area contributed by atoms with E-state index in [2.05, 4.69) is 15.1 Å². The van der Waals surface area contributed by atoms with Crippen LogP contribution in [0.25, 0.3) is 0 Å². The van der Waals surface area contributed by atoms with Crippen molar-refractivity contribution in [1.29, 1.82) is 0 Å². The second-order valence-corrected chi connectivity index (χ2v) is 4.68. The summed E-state index contributed by atoms with van der Waals surface area (Å²) in [6, 6.07) is 3.80. The summed E-state index contributed by atoms with van der Waals surface area (Å²) in [4.78, 5) is 20.3. The lowest BCUT2D eigenvalue weighted by Crippen LogP contribution is -2.16. The average molecular weight is 289 g/mol. The maximum Gasteiger partial charge on any atom is 0.318 e. The summed E-state index contributed by atoms with van der Waals surface area (Å²) in [6.45, 7) is 4.12. The predicted molar refractivity (Wildman–Crippen MR) is 75.6 cm³/mol. The number of pyridine rings is 1. The molecule has 2 aromatic heterocycles. The molecular weight excluding hydrogens is 270 g/mol. The highest BCUT2D eigenvalue weighted by atomic mass is 16.5. The summed E-state index contributed by atoms with van der Waals surface area (Å²) in [5.41, 5.74) is 0.994. The predicted octanol–water partition coefficient (Wildman–Crippen LogP) is 2.50. The average Bonchev–Trinajstić information content (AvgIpc) is 2.94. The van der Waals surface area contributed by atoms with Crippen molar-refractivity contribution in [2.75, 3.05) is 6.61 Å². The summed E-state index contributed by atoms with van der Waals surface area (Å²) in [7, 11) is 0. The van der Waals surface area contributed by atoms with E-state index in [1.165, 1.54) is 0 Å². The van der Waals surface area contributed by atoms with Gasteiger partial charge in [0.05, 0.1) is 6.61 Å². The van der Waals surface area contributed by atoms with Crippen LogP contribution in [0.1, 0.15) is 49.9 Å². The molecule has 0 saturated carbocycles. The Hall–Kier alpha value is -2.24. The maximum atomic E-state index is 11.9. The molecule has 0 amide bonds. The molecule has 0 N–H and O–H groups in total. The number of hydrogen-bond donors (Lipinski definition) is 0. The number of nitrogens with zero attached hydrogens (tertiary/aromatic N) is 3. The van der Waals surface area contributed by atoms with Crippen molar-refractivity contribution >= 4 is 5.97 Å². The van der Waals surface area contributed by atoms with E-state index in [1.807, 2.05) is 19.1 Å². The van der Waals surface area contributed by atoms with Crippen molar-refractivity contribution in [1.82, 2.24) is 15.1 Å². The van der Waals surface area contributed by atoms with Gasteiger partial charge >= 0.3 is 5.97 Å². The van der Waals surface area contributed by atoms with Crippen molar-refractivity contribution in [2.24, 2.45) is 0 Å². The van der Waals surface area contributed by atoms with Crippen LogP contribution in [-0.2, 0) is 16.0 Å². The zero-order chi connectivity index (χ0) is 15.1. The number of rotatable bonds is 7. The fourth-order valence-electron chi connectivity index (χ4n) is 2.04. The number of esters is 1. The van der Waals surface area contributed by atoms with Crippen LogP contribution in [0, 0.1) is 0 Å². The van der Waals surface area contributed by atoms with Crippen LogP contribution in [0.2, 0.25) is 0 Å². The van der Waals surface area contributed by atoms with E-state index in [4.69, 9.17) is 9.26 Å². The normalized spacial score (nSPS) is 12.1. The van der Waals surface area contributed by atoms with Crippen molar-refractivity contribution in [2.45, 2.75) is 39.0 Å². The van der Waals surface area contributed by atoms with E-state index in [9.17, 15) is 4.79 Å². The molecule has 0 saturated heterocycles. The van der Waals surface area contributed by atoms with E-state index in [-0.39, 0.29) is 5.97 Å². The summed E-state index contributed by atoms with van der Waals surface area (Å²) in [6.07, 6.45) is 5.46. The highest BCUT2D eigenvalue weighted by Gasteiger charge is 2.27. The van der Waals surface area contributed by atoms with E-state index >= 15 is 0 Å². The molecule has 0 aliphatic carbocycles. The molecule has 112 valence electrons. The van der Waals surface area contributed by atoms with Crippen molar-refractivity contribution < 1.29 is 14.1 Å². The Morgan fingerprint density at radius 3 is 2.95 bits per heavy atom. The molecule has 2 heterocycles. The van der Waals surface area contributed by atoms with Gasteiger partial charge in [0.2, 0.25) is 5.89 Å². The van der Waals surface area contributed by atoms with E-state index < -0.39 is 5.92 Å². The summed E-state index contributed by atoms with van der Waals surface area (Å²) in [5, 5.41) is 3.94. The monoisotopic (exact) mass is 289 g/mol. The lowest BCUT2D eigenvalue weighted by molar-refractivity contribution is -0.145. The number of ether oxygens (including phenoxy) is 1. The zero-order valence-corrected chi connectivity index (χ0v) is 12.3. The molecule has 0 aromatic carbocycles. The van der Waals surface area contributed by atoms with Gasteiger partial charge in [-0.3, -0.25) is 9.78 Å². The summed E-state index contributed by atoms with van der Waals surface area (Å²) < 4.78 is 10.3. The van der Waals surface area contributed by atoms with Crippen LogP contribution in [0.15, 0.2) is 29.0 Å². The highest BCUT2D eigenvalue weighted by Crippen LogP contribution is 2.22. The standard InChI is InChI=1S/C15H19N3O3/c1-3-6-12(15(19)20-4-2)14-17-13(18-21-14)9-11-7-5-8-16-10-11/h5,7-8,10,12H,3-4,6,9H2,1-2H3. The van der Waals surface area contributed by atoms with Gasteiger partial charge in [0, 0.05) is 18.8 Å². The van der Waals surface area contributed by atoms with Gasteiger partial charge in [-0.2, -0.15) is 4.98 Å². The molecule has 0 bridgehead atoms. The largest absolute Gasteiger partial charge is 0.465 e. The number of hydrogen-bond acceptors (Lipinski definition) is 6. The van der Waals surface area contributed by atoms with Crippen LogP contribution >= 0.6 is 0 Å². The molecule has 0 radical (unpaired) electrons. The van der Waals surface area contributed by atoms with Crippen molar-refractivity contribution in [3.8, 4) is 0 Å². The van der Waals surface area contributed by atoms with Crippen molar-refractivity contribution in [3.63, 3.8) is 0 Å². The van der Waals surface area contributed by atoms with Gasteiger partial charge in [-0.15, -0.1) is 0 Å². The first-order chi connectivity index (χ1) is 10.2. The van der Waals surface area contributed by atoms with E-state index in [0.29, 0.717) is 31.2 Å². The van der Waals surface area contributed by atoms with Gasteiger partial charge in [-0.25, -0.2) is 0 Å². The molecular formula is C15H19N3O3. The molecule has 0 fully saturated rings. The number of carbonyl (C=O) groups excluding carboxylic acids is 1. The van der Waals surface area contributed by atoms with Gasteiger partial charge in [-0.1, -0.05) is 24.6 Å². The lowest BCUT2D eigenvalue weighted by Gasteiger charge is -2.09. The minimum Gasteiger partial charge on any atom is -0.465 e. The molecule has 21 heavy (non-hydrogen) atoms. The second-order valence-electron chi connectivity index (χ2n) is 4.68. The van der Waals surface area contributed by atoms with Crippen LogP contribution in [0.4, 0.5) is 0 Å². The topological polar surface area (TPSA) is 78.1 Å². The van der Waals surface area contributed by atoms with Gasteiger partial charge < -0.3 is 9.26 Å². The van der Waals surface area contributed by atoms with E-state index in [0.717, 1.165) is 12.0 Å². The fourth-order valence-corrected chi connectivity index (χ4v) is 2.04. The zero-order valence-electron chi connectivity index (χ0n) is 12.3. The fraction of sp³-hybridized carbons (Fsp3) is 0.467. The van der Waals surface area contributed by atoms with Gasteiger partial charge in [0.25, 0.3) is 0 Å². The number of carbonyl (C=O) groups is 1. The first kappa shape index (κ1) is 15.2. The molecule has 1 unspecified atom stereocenters. The van der Waals surface area contributed by atoms with Crippen LogP contribution in [-0.4, -0.2) is 27.7 Å². The molecule has 1 atom stereocenters. The Bertz CT molecular complexity index is 569. The third kappa shape index (κ3) is 4.11. The van der Waals surface area contributed by atoms with E-state index in [1.54, 1.807) is 19.3 Å². The Kier molecular flexibility index (Phi) is 5.43. The SMILES string of the molecule is CCCC(C(=O)OCC)c1nc(Cc2cccnc2)no1. The quantitative estimate of drug-likeness (QED) is 0.729. The Morgan fingerprint density at radius 1 is 1.43 bits per heavy atom. The number of aromatic nitrogens is 3. The molecule has 2 aromatic rings. The minimum atomic E-state index is -0.481. The van der Waals surface area contributed by atoms with Gasteiger partial charge in [0.1, 0.15) is 5.92 Å². The van der Waals surface area contributed by atoms with Crippen molar-refractivity contribution in [3.05, 3.63) is 41.8 Å². The summed E-state index contributed by atoms with van der Waals surface area (Å²) >= 11 is 0. The first-order valence-corrected chi connectivity index (χ1v) is 7.12. The summed E-state index contributed by atoms with van der Waals surface area (Å²) in [5.74, 6) is 0.0821. The molecule has 6 heteroatoms. The minimum absolute atomic E-state index is 0.309. The Labute approximate surface area is 123 Å². The third-order valence-electron chi connectivity index (χ3n) is 3.02. The molecule has 6 nitrogen and oxygen atoms in total. The molecule has 0 aliphatic rings. The maximum absolute atomic E-state index is 11.9. The van der Waals surface area contributed by atoms with Crippen LogP contribution < -0.4 is 0 Å². The molecule has 0 spiro atoms. The lowest BCUT2D eigenvalue weighted by atomic mass is 10.0. The third-order valence-corrected chi connectivity index (χ3v) is 3.02. The van der Waals surface area contributed by atoms with Crippen LogP contribution in [0.3, 0.4) is 0 Å². The van der Waals surface area contributed by atoms with Gasteiger partial charge in [0.15, 0.2) is 5.82 Å². The first-order valence-electron chi connectivity index (χ1n) is 7.12. The van der Waals surface area contributed by atoms with Gasteiger partial charge in [-0.05, 0) is 25.0 Å². The molecule has 2 rings (SSSR count). The second kappa shape index (κ2) is 7.52. The highest BCUT2D eigenvalue weighted by molar-refractivity contribution is 5.76. The van der Waals surface area contributed by atoms with Crippen LogP contribution in [0.5, 0.6) is 0 Å². The Balaban J connectivity index is 2.11. The Morgan fingerprint density at radius 2 is 2.29 bits per heavy atom. The molecule has 0 aliphatic heterocycles.